The van der Waals surface area contributed by atoms with E-state index in [9.17, 15) is 4.79 Å². The Morgan fingerprint density at radius 2 is 2.40 bits per heavy atom. The van der Waals surface area contributed by atoms with Crippen LogP contribution in [-0.2, 0) is 4.79 Å². The van der Waals surface area contributed by atoms with Gasteiger partial charge in [0.15, 0.2) is 11.3 Å². The van der Waals surface area contributed by atoms with Crippen molar-refractivity contribution in [1.29, 1.82) is 5.26 Å². The van der Waals surface area contributed by atoms with Crippen LogP contribution in [0.5, 0.6) is 0 Å². The first-order valence-corrected chi connectivity index (χ1v) is 5.53. The van der Waals surface area contributed by atoms with E-state index in [1.54, 1.807) is 0 Å². The summed E-state index contributed by atoms with van der Waals surface area (Å²) in [6.07, 6.45) is 2.31. The van der Waals surface area contributed by atoms with Crippen molar-refractivity contribution in [2.75, 3.05) is 6.54 Å². The lowest BCUT2D eigenvalue weighted by Gasteiger charge is -2.26. The zero-order valence-corrected chi connectivity index (χ0v) is 9.42. The lowest BCUT2D eigenvalue weighted by molar-refractivity contribution is -0.125. The minimum absolute atomic E-state index is 0.130. The third-order valence-corrected chi connectivity index (χ3v) is 3.33. The maximum absolute atomic E-state index is 12.1. The summed E-state index contributed by atoms with van der Waals surface area (Å²) in [7, 11) is 0. The second-order valence-corrected chi connectivity index (χ2v) is 4.32. The van der Waals surface area contributed by atoms with Crippen molar-refractivity contribution in [3.63, 3.8) is 0 Å². The van der Waals surface area contributed by atoms with Gasteiger partial charge < -0.3 is 5.73 Å². The summed E-state index contributed by atoms with van der Waals surface area (Å²) in [6, 6.07) is 1.57. The van der Waals surface area contributed by atoms with Gasteiger partial charge in [-0.15, -0.1) is 0 Å². The predicted octanol–water partition coefficient (Wildman–Crippen LogP) is 0.575. The van der Waals surface area contributed by atoms with Gasteiger partial charge in [-0.2, -0.15) is 5.26 Å². The quantitative estimate of drug-likeness (QED) is 0.709. The van der Waals surface area contributed by atoms with Gasteiger partial charge in [0.1, 0.15) is 0 Å². The molecule has 84 valence electrons. The lowest BCUT2D eigenvalue weighted by Crippen LogP contribution is -2.55. The normalized spacial score (nSPS) is 29.5. The number of nitrogens with two attached hydrogens (primary N) is 1. The average molecular weight is 209 g/mol. The van der Waals surface area contributed by atoms with E-state index in [1.807, 2.05) is 13.8 Å². The fourth-order valence-electron chi connectivity index (χ4n) is 1.90. The molecule has 0 aliphatic carbocycles. The molecule has 0 radical (unpaired) electrons. The van der Waals surface area contributed by atoms with Crippen molar-refractivity contribution in [1.82, 2.24) is 5.32 Å². The molecule has 3 N–H and O–H groups in total. The van der Waals surface area contributed by atoms with Gasteiger partial charge in [0.05, 0.1) is 12.1 Å². The summed E-state index contributed by atoms with van der Waals surface area (Å²) in [5, 5.41) is 12.1. The maximum atomic E-state index is 12.1. The van der Waals surface area contributed by atoms with Crippen LogP contribution in [0.15, 0.2) is 0 Å². The molecule has 0 saturated carbocycles. The van der Waals surface area contributed by atoms with Gasteiger partial charge in [0, 0.05) is 0 Å². The van der Waals surface area contributed by atoms with Gasteiger partial charge in [-0.25, -0.2) is 0 Å². The van der Waals surface area contributed by atoms with E-state index in [2.05, 4.69) is 11.4 Å². The monoisotopic (exact) mass is 209 g/mol. The number of rotatable bonds is 4. The maximum Gasteiger partial charge on any atom is 0.184 e. The predicted molar refractivity (Wildman–Crippen MR) is 58.0 cm³/mol. The van der Waals surface area contributed by atoms with E-state index >= 15 is 0 Å². The van der Waals surface area contributed by atoms with Crippen molar-refractivity contribution >= 4 is 5.78 Å². The van der Waals surface area contributed by atoms with Crippen LogP contribution in [0.2, 0.25) is 0 Å². The summed E-state index contributed by atoms with van der Waals surface area (Å²) in [6.45, 7) is 4.67. The Hall–Kier alpha value is -0.920. The number of Topliss-reactive ketones (excluding diaryl/α,β-unsaturated/α-hetero) is 1. The summed E-state index contributed by atoms with van der Waals surface area (Å²) >= 11 is 0. The van der Waals surface area contributed by atoms with E-state index in [0.29, 0.717) is 6.42 Å². The van der Waals surface area contributed by atoms with Gasteiger partial charge >= 0.3 is 0 Å². The number of carbonyl (C=O) groups is 1. The van der Waals surface area contributed by atoms with Crippen molar-refractivity contribution < 1.29 is 4.79 Å². The molecule has 1 aliphatic heterocycles. The van der Waals surface area contributed by atoms with Crippen LogP contribution in [0.1, 0.15) is 33.1 Å². The Morgan fingerprint density at radius 1 is 1.73 bits per heavy atom. The third-order valence-electron chi connectivity index (χ3n) is 3.33. The number of nitriles is 1. The number of hydrogen-bond acceptors (Lipinski definition) is 4. The minimum Gasteiger partial charge on any atom is -0.321 e. The molecule has 1 aliphatic rings. The molecule has 1 fully saturated rings. The first kappa shape index (κ1) is 12.2. The van der Waals surface area contributed by atoms with Gasteiger partial charge in [0.2, 0.25) is 0 Å². The van der Waals surface area contributed by atoms with Crippen LogP contribution < -0.4 is 11.1 Å². The minimum atomic E-state index is -1.01. The van der Waals surface area contributed by atoms with Gasteiger partial charge in [-0.05, 0) is 25.3 Å². The molecule has 1 saturated heterocycles. The van der Waals surface area contributed by atoms with Crippen molar-refractivity contribution in [3.05, 3.63) is 0 Å². The lowest BCUT2D eigenvalue weighted by atomic mass is 9.84. The Balaban J connectivity index is 2.78. The molecular formula is C11H19N3O. The van der Waals surface area contributed by atoms with Crippen molar-refractivity contribution in [2.24, 2.45) is 11.7 Å². The number of carbonyl (C=O) groups excluding carboxylic acids is 1. The first-order chi connectivity index (χ1) is 7.07. The highest BCUT2D eigenvalue weighted by atomic mass is 16.1. The van der Waals surface area contributed by atoms with E-state index in [0.717, 1.165) is 19.4 Å². The summed E-state index contributed by atoms with van der Waals surface area (Å²) in [4.78, 5) is 12.1. The molecule has 0 spiro atoms. The van der Waals surface area contributed by atoms with E-state index in [1.165, 1.54) is 0 Å². The SMILES string of the molecule is CCC(C)[C@H](N)C(=O)[C@@]1(C#N)CCCN1. The van der Waals surface area contributed by atoms with Gasteiger partial charge in [-0.1, -0.05) is 20.3 Å². The van der Waals surface area contributed by atoms with Crippen LogP contribution >= 0.6 is 0 Å². The van der Waals surface area contributed by atoms with Crippen LogP contribution in [0.25, 0.3) is 0 Å². The fourth-order valence-corrected chi connectivity index (χ4v) is 1.90. The Kier molecular flexibility index (Phi) is 3.83. The molecule has 1 heterocycles. The molecule has 4 nitrogen and oxygen atoms in total. The standard InChI is InChI=1S/C11H19N3O/c1-3-8(2)9(13)10(15)11(7-12)5-4-6-14-11/h8-9,14H,3-6,13H2,1-2H3/t8?,9-,11-/m0/s1. The summed E-state index contributed by atoms with van der Waals surface area (Å²) < 4.78 is 0. The zero-order chi connectivity index (χ0) is 11.5. The van der Waals surface area contributed by atoms with E-state index in [4.69, 9.17) is 11.0 Å². The van der Waals surface area contributed by atoms with Crippen LogP contribution in [0.3, 0.4) is 0 Å². The molecule has 1 unspecified atom stereocenters. The van der Waals surface area contributed by atoms with Crippen LogP contribution in [0.4, 0.5) is 0 Å². The number of nitrogens with zero attached hydrogens (tertiary/aromatic N) is 1. The van der Waals surface area contributed by atoms with Gasteiger partial charge in [-0.3, -0.25) is 10.1 Å². The molecule has 4 heteroatoms. The van der Waals surface area contributed by atoms with E-state index < -0.39 is 11.6 Å². The summed E-state index contributed by atoms with van der Waals surface area (Å²) in [5.74, 6) is -0.0121. The highest BCUT2D eigenvalue weighted by molar-refractivity contribution is 5.96. The third kappa shape index (κ3) is 2.19. The molecule has 0 aromatic rings. The van der Waals surface area contributed by atoms with Crippen molar-refractivity contribution in [3.8, 4) is 6.07 Å². The van der Waals surface area contributed by atoms with Crippen LogP contribution in [0, 0.1) is 17.2 Å². The molecule has 0 aromatic heterocycles. The second-order valence-electron chi connectivity index (χ2n) is 4.32. The molecular weight excluding hydrogens is 190 g/mol. The number of hydrogen-bond donors (Lipinski definition) is 2. The number of ketones is 1. The fraction of sp³-hybridized carbons (Fsp3) is 0.818. The second kappa shape index (κ2) is 4.73. The largest absolute Gasteiger partial charge is 0.321 e. The topological polar surface area (TPSA) is 78.9 Å². The van der Waals surface area contributed by atoms with Crippen LogP contribution in [-0.4, -0.2) is 23.9 Å². The molecule has 1 rings (SSSR count). The number of nitrogens with one attached hydrogen (secondary N) is 1. The molecule has 15 heavy (non-hydrogen) atoms. The van der Waals surface area contributed by atoms with Crippen molar-refractivity contribution in [2.45, 2.75) is 44.7 Å². The average Bonchev–Trinajstić information content (AvgIpc) is 2.75. The molecule has 0 amide bonds. The Morgan fingerprint density at radius 3 is 2.80 bits per heavy atom. The molecule has 0 aromatic carbocycles. The Labute approximate surface area is 90.8 Å². The molecule has 3 atom stereocenters. The smallest absolute Gasteiger partial charge is 0.184 e. The van der Waals surface area contributed by atoms with Gasteiger partial charge in [0.25, 0.3) is 0 Å². The first-order valence-electron chi connectivity index (χ1n) is 5.53. The zero-order valence-electron chi connectivity index (χ0n) is 9.42. The highest BCUT2D eigenvalue weighted by Crippen LogP contribution is 2.23. The Bertz CT molecular complexity index is 276. The van der Waals surface area contributed by atoms with E-state index in [-0.39, 0.29) is 11.7 Å². The highest BCUT2D eigenvalue weighted by Gasteiger charge is 2.44. The summed E-state index contributed by atoms with van der Waals surface area (Å²) in [5.41, 5.74) is 4.86. The molecule has 0 bridgehead atoms.